The molecular formula is C45H46F2N12O4S. The Balaban J connectivity index is 0.732. The summed E-state index contributed by atoms with van der Waals surface area (Å²) < 4.78 is 34.6. The van der Waals surface area contributed by atoms with Gasteiger partial charge in [0, 0.05) is 80.1 Å². The van der Waals surface area contributed by atoms with Crippen LogP contribution in [0, 0.1) is 11.6 Å². The van der Waals surface area contributed by atoms with Crippen molar-refractivity contribution in [2.45, 2.75) is 63.1 Å². The SMILES string of the molecule is O=C1CCC(Nc2ccc(C3CCN(CC(=O)N4CCN(c5ccc(-c6cc(F)c7cn(C(C(=O)Nc8nccs8)c8ncn9c8CCC9)nc7c6)cn5)CC4)CC3)c(F)c2)C(=O)N1. The van der Waals surface area contributed by atoms with Crippen LogP contribution in [0.3, 0.4) is 0 Å². The predicted octanol–water partition coefficient (Wildman–Crippen LogP) is 4.95. The second kappa shape index (κ2) is 17.5. The molecule has 0 bridgehead atoms. The van der Waals surface area contributed by atoms with Crippen LogP contribution in [0.2, 0.25) is 0 Å². The number of pyridine rings is 1. The molecule has 2 atom stereocenters. The van der Waals surface area contributed by atoms with Gasteiger partial charge in [0.1, 0.15) is 23.5 Å². The van der Waals surface area contributed by atoms with Gasteiger partial charge < -0.3 is 19.7 Å². The summed E-state index contributed by atoms with van der Waals surface area (Å²) in [6, 6.07) is 10.5. The highest BCUT2D eigenvalue weighted by Gasteiger charge is 2.33. The Labute approximate surface area is 370 Å². The number of carbonyl (C=O) groups excluding carboxylic acids is 4. The van der Waals surface area contributed by atoms with Gasteiger partial charge in [-0.1, -0.05) is 6.07 Å². The van der Waals surface area contributed by atoms with Crippen LogP contribution in [0.25, 0.3) is 22.0 Å². The number of imide groups is 1. The van der Waals surface area contributed by atoms with Crippen LogP contribution in [-0.4, -0.2) is 115 Å². The second-order valence-corrected chi connectivity index (χ2v) is 17.7. The molecule has 0 spiro atoms. The lowest BCUT2D eigenvalue weighted by molar-refractivity contribution is -0.134. The molecule has 0 aliphatic carbocycles. The van der Waals surface area contributed by atoms with E-state index in [1.807, 2.05) is 21.6 Å². The molecule has 6 aromatic rings. The van der Waals surface area contributed by atoms with Crippen LogP contribution in [0.5, 0.6) is 0 Å². The molecule has 0 saturated carbocycles. The summed E-state index contributed by atoms with van der Waals surface area (Å²) in [4.78, 5) is 70.4. The Morgan fingerprint density at radius 1 is 0.891 bits per heavy atom. The van der Waals surface area contributed by atoms with E-state index < -0.39 is 23.8 Å². The molecule has 4 aromatic heterocycles. The van der Waals surface area contributed by atoms with Crippen molar-refractivity contribution >= 4 is 62.5 Å². The number of aryl methyl sites for hydroxylation is 1. The average molecular weight is 889 g/mol. The largest absolute Gasteiger partial charge is 0.374 e. The maximum absolute atomic E-state index is 15.8. The summed E-state index contributed by atoms with van der Waals surface area (Å²) in [5.74, 6) is -1.00. The maximum Gasteiger partial charge on any atom is 0.257 e. The predicted molar refractivity (Wildman–Crippen MR) is 236 cm³/mol. The molecule has 2 unspecified atom stereocenters. The molecule has 10 rings (SSSR count). The second-order valence-electron chi connectivity index (χ2n) is 16.8. The van der Waals surface area contributed by atoms with Crippen molar-refractivity contribution in [1.82, 2.24) is 44.4 Å². The molecule has 3 N–H and O–H groups in total. The highest BCUT2D eigenvalue weighted by molar-refractivity contribution is 7.13. The number of carbonyl (C=O) groups is 4. The number of halogens is 2. The molecule has 3 fully saturated rings. The molecule has 4 amide bonds. The number of fused-ring (bicyclic) bond motifs is 2. The molecule has 19 heteroatoms. The zero-order valence-corrected chi connectivity index (χ0v) is 35.7. The number of anilines is 3. The monoisotopic (exact) mass is 888 g/mol. The summed E-state index contributed by atoms with van der Waals surface area (Å²) in [6.07, 6.45) is 10.4. The van der Waals surface area contributed by atoms with Gasteiger partial charge in [0.2, 0.25) is 17.7 Å². The van der Waals surface area contributed by atoms with E-state index in [0.29, 0.717) is 91.0 Å². The number of thiazole rings is 1. The van der Waals surface area contributed by atoms with Crippen molar-refractivity contribution in [2.75, 3.05) is 61.3 Å². The average Bonchev–Trinajstić information content (AvgIpc) is 4.13. The number of piperazine rings is 1. The summed E-state index contributed by atoms with van der Waals surface area (Å²) >= 11 is 1.31. The number of aromatic nitrogens is 6. The normalized spacial score (nSPS) is 18.9. The fourth-order valence-corrected chi connectivity index (χ4v) is 9.89. The lowest BCUT2D eigenvalue weighted by Gasteiger charge is -2.37. The number of piperidine rings is 2. The van der Waals surface area contributed by atoms with Gasteiger partial charge in [0.25, 0.3) is 5.91 Å². The quantitative estimate of drug-likeness (QED) is 0.150. The van der Waals surface area contributed by atoms with Crippen molar-refractivity contribution in [3.05, 3.63) is 101 Å². The third-order valence-corrected chi connectivity index (χ3v) is 13.5. The van der Waals surface area contributed by atoms with E-state index in [-0.39, 0.29) is 41.3 Å². The Hall–Kier alpha value is -6.60. The number of imidazole rings is 1. The maximum atomic E-state index is 15.8. The van der Waals surface area contributed by atoms with Gasteiger partial charge in [-0.2, -0.15) is 5.10 Å². The summed E-state index contributed by atoms with van der Waals surface area (Å²) in [5.41, 5.74) is 4.39. The number of benzene rings is 2. The Bertz CT molecular complexity index is 2720. The molecule has 64 heavy (non-hydrogen) atoms. The fourth-order valence-electron chi connectivity index (χ4n) is 9.36. The molecule has 8 heterocycles. The smallest absolute Gasteiger partial charge is 0.257 e. The number of likely N-dealkylation sites (tertiary alicyclic amines) is 1. The molecule has 2 aromatic carbocycles. The highest BCUT2D eigenvalue weighted by atomic mass is 32.1. The number of nitrogens with one attached hydrogen (secondary N) is 3. The van der Waals surface area contributed by atoms with E-state index in [2.05, 4.69) is 35.7 Å². The van der Waals surface area contributed by atoms with E-state index in [4.69, 9.17) is 10.1 Å². The van der Waals surface area contributed by atoms with Crippen LogP contribution in [0.4, 0.5) is 25.4 Å². The topological polar surface area (TPSA) is 176 Å². The summed E-state index contributed by atoms with van der Waals surface area (Å²) in [6.45, 7) is 4.83. The van der Waals surface area contributed by atoms with Crippen LogP contribution in [0.1, 0.15) is 61.0 Å². The molecule has 4 aliphatic heterocycles. The number of nitrogens with zero attached hydrogens (tertiary/aromatic N) is 9. The van der Waals surface area contributed by atoms with Crippen LogP contribution in [-0.2, 0) is 32.1 Å². The fraction of sp³-hybridized carbons (Fsp3) is 0.378. The number of hydrogen-bond donors (Lipinski definition) is 3. The molecule has 330 valence electrons. The van der Waals surface area contributed by atoms with Gasteiger partial charge in [0.05, 0.1) is 29.5 Å². The Morgan fingerprint density at radius 3 is 2.48 bits per heavy atom. The number of hydrogen-bond acceptors (Lipinski definition) is 12. The molecule has 4 aliphatic rings. The zero-order chi connectivity index (χ0) is 43.9. The first-order valence-corrected chi connectivity index (χ1v) is 22.6. The van der Waals surface area contributed by atoms with E-state index in [9.17, 15) is 19.2 Å². The Morgan fingerprint density at radius 2 is 1.73 bits per heavy atom. The minimum absolute atomic E-state index is 0.0279. The third-order valence-electron chi connectivity index (χ3n) is 12.8. The van der Waals surface area contributed by atoms with Gasteiger partial charge in [-0.15, -0.1) is 11.3 Å². The highest BCUT2D eigenvalue weighted by Crippen LogP contribution is 2.34. The van der Waals surface area contributed by atoms with E-state index in [0.717, 1.165) is 43.7 Å². The Kier molecular flexibility index (Phi) is 11.3. The van der Waals surface area contributed by atoms with Crippen molar-refractivity contribution in [3.8, 4) is 11.1 Å². The molecule has 16 nitrogen and oxygen atoms in total. The first-order chi connectivity index (χ1) is 31.1. The minimum Gasteiger partial charge on any atom is -0.374 e. The van der Waals surface area contributed by atoms with Crippen LogP contribution in [0.15, 0.2) is 72.8 Å². The first-order valence-electron chi connectivity index (χ1n) is 21.7. The molecular weight excluding hydrogens is 843 g/mol. The lowest BCUT2D eigenvalue weighted by atomic mass is 9.89. The minimum atomic E-state index is -0.925. The van der Waals surface area contributed by atoms with Gasteiger partial charge in [-0.3, -0.25) is 39.4 Å². The van der Waals surface area contributed by atoms with Crippen molar-refractivity contribution < 1.29 is 28.0 Å². The van der Waals surface area contributed by atoms with Gasteiger partial charge >= 0.3 is 0 Å². The van der Waals surface area contributed by atoms with Gasteiger partial charge in [0.15, 0.2) is 11.2 Å². The van der Waals surface area contributed by atoms with Gasteiger partial charge in [-0.05, 0) is 98.6 Å². The molecule has 3 saturated heterocycles. The number of rotatable bonds is 11. The van der Waals surface area contributed by atoms with E-state index in [1.54, 1.807) is 48.5 Å². The summed E-state index contributed by atoms with van der Waals surface area (Å²) in [7, 11) is 0. The lowest BCUT2D eigenvalue weighted by Crippen LogP contribution is -2.52. The zero-order valence-electron chi connectivity index (χ0n) is 34.9. The van der Waals surface area contributed by atoms with Crippen LogP contribution < -0.4 is 20.9 Å². The van der Waals surface area contributed by atoms with Crippen molar-refractivity contribution in [1.29, 1.82) is 0 Å². The van der Waals surface area contributed by atoms with Crippen molar-refractivity contribution in [2.24, 2.45) is 0 Å². The number of amides is 4. The summed E-state index contributed by atoms with van der Waals surface area (Å²) in [5, 5.41) is 15.5. The van der Waals surface area contributed by atoms with Gasteiger partial charge in [-0.25, -0.2) is 23.7 Å². The van der Waals surface area contributed by atoms with Crippen LogP contribution >= 0.6 is 11.3 Å². The van der Waals surface area contributed by atoms with E-state index in [1.165, 1.54) is 28.2 Å². The third kappa shape index (κ3) is 8.44. The first kappa shape index (κ1) is 41.4. The van der Waals surface area contributed by atoms with Crippen molar-refractivity contribution in [3.63, 3.8) is 0 Å². The van der Waals surface area contributed by atoms with E-state index >= 15 is 8.78 Å². The molecule has 0 radical (unpaired) electrons. The standard InChI is InChI=1S/C45H46F2N12O4S/c46-33-20-29(21-36-32(33)24-59(54-36)42(44(63)53-45-48-11-19-64-45)41-37-2-1-12-58(37)26-50-41)28-3-7-38(49-23-28)56-15-17-57(18-16-56)40(61)25-55-13-9-27(10-14-55)31-5-4-30(22-34(31)47)51-35-6-8-39(60)52-43(35)62/h3-5,7,11,19-24,26-27,35,42,51H,1-2,6,8-10,12-18,25H2,(H,48,53,63)(H,52,60,62).